The maximum absolute atomic E-state index is 10.7. The van der Waals surface area contributed by atoms with Crippen LogP contribution in [0.1, 0.15) is 0 Å². The Bertz CT molecular complexity index is 379. The Morgan fingerprint density at radius 2 is 2.00 bits per heavy atom. The molecule has 1 aliphatic heterocycles. The van der Waals surface area contributed by atoms with Gasteiger partial charge >= 0.3 is 5.97 Å². The summed E-state index contributed by atoms with van der Waals surface area (Å²) in [6.07, 6.45) is 0. The lowest BCUT2D eigenvalue weighted by atomic mass is 10.2. The van der Waals surface area contributed by atoms with Crippen LogP contribution in [0.15, 0.2) is 24.3 Å². The quantitative estimate of drug-likeness (QED) is 0.784. The van der Waals surface area contributed by atoms with Crippen LogP contribution in [0.3, 0.4) is 0 Å². The predicted octanol–water partition coefficient (Wildman–Crippen LogP) is 1.03. The second-order valence-corrected chi connectivity index (χ2v) is 3.73. The minimum Gasteiger partial charge on any atom is -0.480 e. The topological polar surface area (TPSA) is 43.8 Å². The molecule has 0 fully saturated rings. The first-order valence-electron chi connectivity index (χ1n) is 4.95. The first-order chi connectivity index (χ1) is 7.18. The smallest absolute Gasteiger partial charge is 0.323 e. The number of para-hydroxylation sites is 2. The van der Waals surface area contributed by atoms with E-state index in [1.165, 1.54) is 0 Å². The number of hydrogen-bond donors (Lipinski definition) is 1. The zero-order chi connectivity index (χ0) is 10.8. The summed E-state index contributed by atoms with van der Waals surface area (Å²) in [5.74, 6) is -0.783. The van der Waals surface area contributed by atoms with Crippen LogP contribution in [0.4, 0.5) is 11.4 Å². The monoisotopic (exact) mass is 206 g/mol. The van der Waals surface area contributed by atoms with Crippen LogP contribution in [-0.2, 0) is 4.79 Å². The lowest BCUT2D eigenvalue weighted by molar-refractivity contribution is -0.135. The van der Waals surface area contributed by atoms with Gasteiger partial charge in [-0.25, -0.2) is 0 Å². The molecule has 0 bridgehead atoms. The molecule has 4 heteroatoms. The maximum atomic E-state index is 10.7. The Morgan fingerprint density at radius 1 is 1.33 bits per heavy atom. The molecule has 0 unspecified atom stereocenters. The molecule has 1 heterocycles. The van der Waals surface area contributed by atoms with Gasteiger partial charge in [0.2, 0.25) is 0 Å². The molecule has 4 nitrogen and oxygen atoms in total. The fraction of sp³-hybridized carbons (Fsp3) is 0.364. The fourth-order valence-corrected chi connectivity index (χ4v) is 1.89. The van der Waals surface area contributed by atoms with E-state index < -0.39 is 5.97 Å². The Kier molecular flexibility index (Phi) is 2.49. The summed E-state index contributed by atoms with van der Waals surface area (Å²) in [6.45, 7) is 1.70. The molecule has 0 aliphatic carbocycles. The van der Waals surface area contributed by atoms with Crippen molar-refractivity contribution in [2.75, 3.05) is 36.5 Å². The molecule has 0 radical (unpaired) electrons. The van der Waals surface area contributed by atoms with Crippen LogP contribution in [-0.4, -0.2) is 37.8 Å². The lowest BCUT2D eigenvalue weighted by Gasteiger charge is -2.36. The zero-order valence-corrected chi connectivity index (χ0v) is 8.68. The second kappa shape index (κ2) is 3.81. The van der Waals surface area contributed by atoms with Crippen molar-refractivity contribution in [1.29, 1.82) is 0 Å². The Balaban J connectivity index is 2.31. The summed E-state index contributed by atoms with van der Waals surface area (Å²) in [5.41, 5.74) is 2.11. The summed E-state index contributed by atoms with van der Waals surface area (Å²) in [7, 11) is 2.02. The van der Waals surface area contributed by atoms with Crippen molar-refractivity contribution < 1.29 is 9.90 Å². The molecule has 1 aromatic rings. The van der Waals surface area contributed by atoms with Gasteiger partial charge in [-0.15, -0.1) is 0 Å². The summed E-state index contributed by atoms with van der Waals surface area (Å²) >= 11 is 0. The Labute approximate surface area is 88.7 Å². The van der Waals surface area contributed by atoms with Gasteiger partial charge in [0, 0.05) is 20.1 Å². The third kappa shape index (κ3) is 1.88. The van der Waals surface area contributed by atoms with Crippen molar-refractivity contribution in [3.05, 3.63) is 24.3 Å². The van der Waals surface area contributed by atoms with E-state index in [4.69, 9.17) is 5.11 Å². The molecule has 0 spiro atoms. The van der Waals surface area contributed by atoms with Gasteiger partial charge in [-0.2, -0.15) is 0 Å². The number of rotatable bonds is 2. The molecule has 0 amide bonds. The van der Waals surface area contributed by atoms with Crippen molar-refractivity contribution in [2.45, 2.75) is 0 Å². The molecule has 0 atom stereocenters. The van der Waals surface area contributed by atoms with Crippen molar-refractivity contribution in [1.82, 2.24) is 0 Å². The standard InChI is InChI=1S/C11H14N2O2/c1-12-6-7-13(8-11(14)15)10-5-3-2-4-9(10)12/h2-5H,6-8H2,1H3,(H,14,15). The van der Waals surface area contributed by atoms with E-state index in [9.17, 15) is 4.79 Å². The molecule has 80 valence electrons. The molecule has 0 saturated heterocycles. The molecule has 1 N–H and O–H groups in total. The van der Waals surface area contributed by atoms with Gasteiger partial charge in [0.1, 0.15) is 6.54 Å². The summed E-state index contributed by atoms with van der Waals surface area (Å²) < 4.78 is 0. The van der Waals surface area contributed by atoms with Crippen LogP contribution in [0.5, 0.6) is 0 Å². The lowest BCUT2D eigenvalue weighted by Crippen LogP contribution is -2.41. The highest BCUT2D eigenvalue weighted by molar-refractivity contribution is 5.79. The van der Waals surface area contributed by atoms with Crippen molar-refractivity contribution >= 4 is 17.3 Å². The highest BCUT2D eigenvalue weighted by Crippen LogP contribution is 2.31. The van der Waals surface area contributed by atoms with Crippen molar-refractivity contribution in [3.8, 4) is 0 Å². The highest BCUT2D eigenvalue weighted by atomic mass is 16.4. The minimum absolute atomic E-state index is 0.0743. The fourth-order valence-electron chi connectivity index (χ4n) is 1.89. The average molecular weight is 206 g/mol. The van der Waals surface area contributed by atoms with Crippen LogP contribution < -0.4 is 9.80 Å². The number of carboxylic acids is 1. The first-order valence-corrected chi connectivity index (χ1v) is 4.95. The molecule has 0 saturated carbocycles. The normalized spacial score (nSPS) is 15.0. The van der Waals surface area contributed by atoms with E-state index >= 15 is 0 Å². The van der Waals surface area contributed by atoms with E-state index in [0.717, 1.165) is 24.5 Å². The zero-order valence-electron chi connectivity index (χ0n) is 8.68. The third-order valence-corrected chi connectivity index (χ3v) is 2.67. The van der Waals surface area contributed by atoms with E-state index in [-0.39, 0.29) is 6.54 Å². The number of hydrogen-bond acceptors (Lipinski definition) is 3. The molecule has 1 aliphatic rings. The van der Waals surface area contributed by atoms with E-state index in [2.05, 4.69) is 4.90 Å². The predicted molar refractivity (Wildman–Crippen MR) is 59.6 cm³/mol. The Hall–Kier alpha value is -1.71. The number of nitrogens with zero attached hydrogens (tertiary/aromatic N) is 2. The maximum Gasteiger partial charge on any atom is 0.323 e. The van der Waals surface area contributed by atoms with Crippen molar-refractivity contribution in [2.24, 2.45) is 0 Å². The summed E-state index contributed by atoms with van der Waals surface area (Å²) in [5, 5.41) is 8.80. The van der Waals surface area contributed by atoms with Crippen LogP contribution in [0.25, 0.3) is 0 Å². The number of anilines is 2. The molecule has 15 heavy (non-hydrogen) atoms. The van der Waals surface area contributed by atoms with Gasteiger partial charge in [-0.3, -0.25) is 4.79 Å². The minimum atomic E-state index is -0.783. The van der Waals surface area contributed by atoms with Crippen LogP contribution in [0.2, 0.25) is 0 Å². The van der Waals surface area contributed by atoms with Crippen LogP contribution in [0, 0.1) is 0 Å². The number of carbonyl (C=O) groups is 1. The van der Waals surface area contributed by atoms with E-state index in [1.54, 1.807) is 0 Å². The van der Waals surface area contributed by atoms with Gasteiger partial charge in [0.15, 0.2) is 0 Å². The molecule has 1 aromatic carbocycles. The highest BCUT2D eigenvalue weighted by Gasteiger charge is 2.20. The largest absolute Gasteiger partial charge is 0.480 e. The van der Waals surface area contributed by atoms with Gasteiger partial charge in [0.05, 0.1) is 11.4 Å². The Morgan fingerprint density at radius 3 is 2.67 bits per heavy atom. The van der Waals surface area contributed by atoms with Gasteiger partial charge < -0.3 is 14.9 Å². The first kappa shape index (κ1) is 9.83. The second-order valence-electron chi connectivity index (χ2n) is 3.73. The molecule has 0 aromatic heterocycles. The number of fused-ring (bicyclic) bond motifs is 1. The molecular weight excluding hydrogens is 192 g/mol. The average Bonchev–Trinajstić information content (AvgIpc) is 2.22. The molecular formula is C11H14N2O2. The van der Waals surface area contributed by atoms with E-state index in [0.29, 0.717) is 0 Å². The number of carboxylic acid groups (broad SMARTS) is 1. The number of likely N-dealkylation sites (N-methyl/N-ethyl adjacent to an activating group) is 1. The third-order valence-electron chi connectivity index (χ3n) is 2.67. The van der Waals surface area contributed by atoms with Gasteiger partial charge in [-0.05, 0) is 12.1 Å². The van der Waals surface area contributed by atoms with Gasteiger partial charge in [-0.1, -0.05) is 12.1 Å². The number of aliphatic carboxylic acids is 1. The van der Waals surface area contributed by atoms with Crippen LogP contribution >= 0.6 is 0 Å². The van der Waals surface area contributed by atoms with E-state index in [1.807, 2.05) is 36.2 Å². The summed E-state index contributed by atoms with van der Waals surface area (Å²) in [4.78, 5) is 14.8. The number of benzene rings is 1. The molecule has 2 rings (SSSR count). The SMILES string of the molecule is CN1CCN(CC(=O)O)c2ccccc21. The van der Waals surface area contributed by atoms with Crippen molar-refractivity contribution in [3.63, 3.8) is 0 Å². The van der Waals surface area contributed by atoms with Gasteiger partial charge in [0.25, 0.3) is 0 Å². The summed E-state index contributed by atoms with van der Waals surface area (Å²) in [6, 6.07) is 7.89.